The van der Waals surface area contributed by atoms with Gasteiger partial charge in [0.2, 0.25) is 10.0 Å². The largest absolute Gasteiger partial charge is 0.283 e. The fourth-order valence-corrected chi connectivity index (χ4v) is 4.98. The van der Waals surface area contributed by atoms with Crippen molar-refractivity contribution in [1.82, 2.24) is 24.3 Å². The van der Waals surface area contributed by atoms with Crippen LogP contribution in [0.15, 0.2) is 23.4 Å². The quantitative estimate of drug-likeness (QED) is 0.898. The first-order chi connectivity index (χ1) is 11.0. The van der Waals surface area contributed by atoms with Crippen molar-refractivity contribution in [2.24, 2.45) is 5.92 Å². The molecule has 0 radical (unpaired) electrons. The van der Waals surface area contributed by atoms with Crippen LogP contribution in [0.25, 0.3) is 0 Å². The van der Waals surface area contributed by atoms with Gasteiger partial charge in [0.05, 0.1) is 11.9 Å². The highest BCUT2D eigenvalue weighted by Crippen LogP contribution is 2.27. The van der Waals surface area contributed by atoms with Crippen molar-refractivity contribution in [2.75, 3.05) is 13.1 Å². The highest BCUT2D eigenvalue weighted by molar-refractivity contribution is 7.89. The Morgan fingerprint density at radius 3 is 2.91 bits per heavy atom. The minimum atomic E-state index is -3.47. The number of aryl methyl sites for hydroxylation is 1. The molecule has 7 nitrogen and oxygen atoms in total. The van der Waals surface area contributed by atoms with Crippen LogP contribution in [-0.4, -0.2) is 45.8 Å². The number of aromatic amines is 1. The maximum atomic E-state index is 12.9. The van der Waals surface area contributed by atoms with Crippen molar-refractivity contribution >= 4 is 10.0 Å². The van der Waals surface area contributed by atoms with Gasteiger partial charge >= 0.3 is 0 Å². The van der Waals surface area contributed by atoms with E-state index >= 15 is 0 Å². The van der Waals surface area contributed by atoms with E-state index in [1.54, 1.807) is 15.2 Å². The number of nitrogens with zero attached hydrogens (tertiary/aromatic N) is 4. The number of nitrogens with one attached hydrogen (secondary N) is 1. The van der Waals surface area contributed by atoms with Crippen molar-refractivity contribution in [3.05, 3.63) is 29.8 Å². The lowest BCUT2D eigenvalue weighted by atomic mass is 9.95. The molecule has 8 heteroatoms. The lowest BCUT2D eigenvalue weighted by Gasteiger charge is -2.31. The van der Waals surface area contributed by atoms with Crippen LogP contribution in [0.2, 0.25) is 0 Å². The molecule has 3 rings (SSSR count). The average Bonchev–Trinajstić information content (AvgIpc) is 3.17. The fourth-order valence-electron chi connectivity index (χ4n) is 3.26. The van der Waals surface area contributed by atoms with E-state index in [1.807, 2.05) is 19.9 Å². The highest BCUT2D eigenvalue weighted by Gasteiger charge is 2.32. The third kappa shape index (κ3) is 3.18. The summed E-state index contributed by atoms with van der Waals surface area (Å²) in [5.74, 6) is 0.320. The molecule has 1 saturated heterocycles. The summed E-state index contributed by atoms with van der Waals surface area (Å²) in [7, 11) is -3.47. The predicted octanol–water partition coefficient (Wildman–Crippen LogP) is 1.58. The Kier molecular flexibility index (Phi) is 4.54. The van der Waals surface area contributed by atoms with Crippen molar-refractivity contribution in [2.45, 2.75) is 44.6 Å². The molecule has 23 heavy (non-hydrogen) atoms. The van der Waals surface area contributed by atoms with Gasteiger partial charge in [0.25, 0.3) is 0 Å². The van der Waals surface area contributed by atoms with Gasteiger partial charge in [-0.3, -0.25) is 9.78 Å². The van der Waals surface area contributed by atoms with Gasteiger partial charge in [-0.2, -0.15) is 14.5 Å². The number of H-pyrrole nitrogens is 1. The minimum absolute atomic E-state index is 0.320. The monoisotopic (exact) mass is 337 g/mol. The summed E-state index contributed by atoms with van der Waals surface area (Å²) in [4.78, 5) is 0.335. The van der Waals surface area contributed by atoms with E-state index in [-0.39, 0.29) is 0 Å². The van der Waals surface area contributed by atoms with Gasteiger partial charge in [-0.25, -0.2) is 8.42 Å². The Morgan fingerprint density at radius 1 is 1.43 bits per heavy atom. The van der Waals surface area contributed by atoms with Gasteiger partial charge in [0, 0.05) is 31.5 Å². The summed E-state index contributed by atoms with van der Waals surface area (Å²) >= 11 is 0. The number of aromatic nitrogens is 4. The zero-order valence-electron chi connectivity index (χ0n) is 13.6. The molecule has 1 N–H and O–H groups in total. The summed E-state index contributed by atoms with van der Waals surface area (Å²) < 4.78 is 29.2. The number of sulfonamides is 1. The number of rotatable bonds is 5. The van der Waals surface area contributed by atoms with Crippen LogP contribution < -0.4 is 0 Å². The van der Waals surface area contributed by atoms with Crippen LogP contribution in [0, 0.1) is 12.8 Å². The van der Waals surface area contributed by atoms with Crippen LogP contribution in [0.3, 0.4) is 0 Å². The van der Waals surface area contributed by atoms with E-state index < -0.39 is 10.0 Å². The maximum absolute atomic E-state index is 12.9. The SMILES string of the molecule is CCn1ncc(S(=O)(=O)N2CCCC(Cc3ccn[nH]3)C2)c1C. The molecule has 0 aromatic carbocycles. The average molecular weight is 337 g/mol. The van der Waals surface area contributed by atoms with Crippen molar-refractivity contribution < 1.29 is 8.42 Å². The van der Waals surface area contributed by atoms with Crippen molar-refractivity contribution in [1.29, 1.82) is 0 Å². The van der Waals surface area contributed by atoms with Crippen LogP contribution >= 0.6 is 0 Å². The van der Waals surface area contributed by atoms with Gasteiger partial charge in [-0.05, 0) is 45.1 Å². The number of hydrogen-bond acceptors (Lipinski definition) is 4. The smallest absolute Gasteiger partial charge is 0.246 e. The Balaban J connectivity index is 1.78. The molecule has 3 heterocycles. The van der Waals surface area contributed by atoms with Gasteiger partial charge in [-0.15, -0.1) is 0 Å². The second-order valence-electron chi connectivity index (χ2n) is 6.07. The van der Waals surface area contributed by atoms with E-state index in [9.17, 15) is 8.42 Å². The van der Waals surface area contributed by atoms with Gasteiger partial charge in [0.1, 0.15) is 4.90 Å². The van der Waals surface area contributed by atoms with Gasteiger partial charge in [-0.1, -0.05) is 0 Å². The van der Waals surface area contributed by atoms with Gasteiger partial charge < -0.3 is 0 Å². The number of hydrogen-bond donors (Lipinski definition) is 1. The summed E-state index contributed by atoms with van der Waals surface area (Å²) in [6.45, 7) is 5.58. The molecule has 2 aromatic rings. The lowest BCUT2D eigenvalue weighted by Crippen LogP contribution is -2.40. The zero-order chi connectivity index (χ0) is 16.4. The number of piperidine rings is 1. The Labute approximate surface area is 136 Å². The Hall–Kier alpha value is -1.67. The molecule has 1 unspecified atom stereocenters. The molecular weight excluding hydrogens is 314 g/mol. The third-order valence-electron chi connectivity index (χ3n) is 4.52. The molecule has 1 atom stereocenters. The van der Waals surface area contributed by atoms with E-state index in [4.69, 9.17) is 0 Å². The van der Waals surface area contributed by atoms with E-state index in [0.717, 1.165) is 25.0 Å². The second-order valence-corrected chi connectivity index (χ2v) is 7.97. The van der Waals surface area contributed by atoms with Crippen LogP contribution in [-0.2, 0) is 23.0 Å². The topological polar surface area (TPSA) is 83.9 Å². The molecule has 1 fully saturated rings. The first-order valence-corrected chi connectivity index (χ1v) is 9.47. The molecule has 0 amide bonds. The Bertz CT molecular complexity index is 751. The van der Waals surface area contributed by atoms with Crippen LogP contribution in [0.1, 0.15) is 31.2 Å². The molecule has 0 saturated carbocycles. The molecule has 0 bridgehead atoms. The van der Waals surface area contributed by atoms with Crippen molar-refractivity contribution in [3.63, 3.8) is 0 Å². The van der Waals surface area contributed by atoms with E-state index in [1.165, 1.54) is 6.20 Å². The summed E-state index contributed by atoms with van der Waals surface area (Å²) in [6.07, 6.45) is 5.97. The molecular formula is C15H23N5O2S. The highest BCUT2D eigenvalue weighted by atomic mass is 32.2. The minimum Gasteiger partial charge on any atom is -0.283 e. The third-order valence-corrected chi connectivity index (χ3v) is 6.49. The fraction of sp³-hybridized carbons (Fsp3) is 0.600. The zero-order valence-corrected chi connectivity index (χ0v) is 14.4. The van der Waals surface area contributed by atoms with E-state index in [2.05, 4.69) is 15.3 Å². The molecule has 0 spiro atoms. The molecule has 1 aliphatic heterocycles. The molecule has 126 valence electrons. The van der Waals surface area contributed by atoms with Crippen LogP contribution in [0.4, 0.5) is 0 Å². The normalized spacial score (nSPS) is 20.0. The first-order valence-electron chi connectivity index (χ1n) is 8.03. The summed E-state index contributed by atoms with van der Waals surface area (Å²) in [5.41, 5.74) is 1.77. The molecule has 1 aliphatic rings. The van der Waals surface area contributed by atoms with Gasteiger partial charge in [0.15, 0.2) is 0 Å². The van der Waals surface area contributed by atoms with Crippen LogP contribution in [0.5, 0.6) is 0 Å². The predicted molar refractivity (Wildman–Crippen MR) is 86.4 cm³/mol. The second kappa shape index (κ2) is 6.45. The standard InChI is InChI=1S/C15H23N5O2S/c1-3-20-12(2)15(10-17-20)23(21,22)19-8-4-5-13(11-19)9-14-6-7-16-18-14/h6-7,10,13H,3-5,8-9,11H2,1-2H3,(H,16,18). The Morgan fingerprint density at radius 2 is 2.26 bits per heavy atom. The first kappa shape index (κ1) is 16.2. The van der Waals surface area contributed by atoms with E-state index in [0.29, 0.717) is 36.1 Å². The lowest BCUT2D eigenvalue weighted by molar-refractivity contribution is 0.264. The molecule has 2 aromatic heterocycles. The summed E-state index contributed by atoms with van der Waals surface area (Å²) in [5, 5.41) is 11.1. The maximum Gasteiger partial charge on any atom is 0.246 e. The summed E-state index contributed by atoms with van der Waals surface area (Å²) in [6, 6.07) is 1.95. The van der Waals surface area contributed by atoms with Crippen molar-refractivity contribution in [3.8, 4) is 0 Å². The molecule has 0 aliphatic carbocycles.